The van der Waals surface area contributed by atoms with E-state index in [0.29, 0.717) is 23.4 Å². The van der Waals surface area contributed by atoms with E-state index in [0.717, 1.165) is 41.1 Å². The van der Waals surface area contributed by atoms with Crippen molar-refractivity contribution in [1.82, 2.24) is 29.7 Å². The Balaban J connectivity index is 1.10. The minimum atomic E-state index is -2.89. The molecular weight excluding hydrogens is 618 g/mol. The predicted molar refractivity (Wildman–Crippen MR) is 176 cm³/mol. The van der Waals surface area contributed by atoms with Gasteiger partial charge in [-0.1, -0.05) is 30.3 Å². The first kappa shape index (κ1) is 32.1. The molecule has 2 amide bonds. The standard InChI is InChI=1S/C36H42F2N6O4/c1-34(2,3)47-32(45)43-15-7-8-28(43)30-39-19-27(42-30)21-11-9-20(10-12-21)22-13-14-25-26(16-22)41-31(40-25)29-24-17-23(18-36(24,37)38)44(29)33(46)48-35(4,5)6/h9-14,16,19,23-24,28-29H,7-8,15,17-18H2,1-6H3,(H,39,42)(H,40,41)/t23-,24-,28-,29-/m0/s1. The number of carbonyl (C=O) groups excluding carboxylic acids is 2. The van der Waals surface area contributed by atoms with Gasteiger partial charge in [-0.3, -0.25) is 9.80 Å². The van der Waals surface area contributed by atoms with Crippen LogP contribution in [0, 0.1) is 5.92 Å². The van der Waals surface area contributed by atoms with E-state index >= 15 is 0 Å². The summed E-state index contributed by atoms with van der Waals surface area (Å²) in [4.78, 5) is 45.1. The molecule has 2 aromatic heterocycles. The Labute approximate surface area is 278 Å². The summed E-state index contributed by atoms with van der Waals surface area (Å²) in [5, 5.41) is 0. The molecule has 2 saturated heterocycles. The first-order chi connectivity index (χ1) is 22.6. The number of nitrogens with one attached hydrogen (secondary N) is 2. The summed E-state index contributed by atoms with van der Waals surface area (Å²) in [6.07, 6.45) is 2.41. The molecule has 254 valence electrons. The Bertz CT molecular complexity index is 1850. The van der Waals surface area contributed by atoms with E-state index in [1.54, 1.807) is 31.9 Å². The number of fused-ring (bicyclic) bond motifs is 3. The average molecular weight is 661 g/mol. The fourth-order valence-corrected chi connectivity index (χ4v) is 7.34. The van der Waals surface area contributed by atoms with Crippen molar-refractivity contribution in [2.24, 2.45) is 5.92 Å². The van der Waals surface area contributed by atoms with Gasteiger partial charge in [0.25, 0.3) is 5.92 Å². The molecule has 4 aromatic rings. The number of hydrogen-bond acceptors (Lipinski definition) is 6. The molecule has 7 rings (SSSR count). The number of imidazole rings is 2. The lowest BCUT2D eigenvalue weighted by Crippen LogP contribution is -2.48. The number of alkyl halides is 2. The van der Waals surface area contributed by atoms with Crippen LogP contribution in [0.3, 0.4) is 0 Å². The number of ether oxygens (including phenoxy) is 2. The second-order valence-corrected chi connectivity index (χ2v) is 15.2. The Kier molecular flexibility index (Phi) is 7.56. The Morgan fingerprint density at radius 2 is 1.56 bits per heavy atom. The highest BCUT2D eigenvalue weighted by Crippen LogP contribution is 2.57. The lowest BCUT2D eigenvalue weighted by Gasteiger charge is -2.38. The number of amides is 2. The van der Waals surface area contributed by atoms with Crippen molar-refractivity contribution < 1.29 is 27.8 Å². The predicted octanol–water partition coefficient (Wildman–Crippen LogP) is 8.40. The Morgan fingerprint density at radius 1 is 0.896 bits per heavy atom. The number of rotatable bonds is 4. The lowest BCUT2D eigenvalue weighted by molar-refractivity contribution is -0.0936. The van der Waals surface area contributed by atoms with Crippen LogP contribution >= 0.6 is 0 Å². The molecule has 4 heterocycles. The van der Waals surface area contributed by atoms with Gasteiger partial charge in [0, 0.05) is 19.0 Å². The van der Waals surface area contributed by atoms with E-state index in [1.807, 2.05) is 63.2 Å². The maximum Gasteiger partial charge on any atom is 0.411 e. The summed E-state index contributed by atoms with van der Waals surface area (Å²) in [7, 11) is 0. The van der Waals surface area contributed by atoms with Gasteiger partial charge in [0.1, 0.15) is 28.9 Å². The zero-order valence-electron chi connectivity index (χ0n) is 28.1. The van der Waals surface area contributed by atoms with Crippen molar-refractivity contribution in [3.63, 3.8) is 0 Å². The van der Waals surface area contributed by atoms with Crippen LogP contribution in [0.5, 0.6) is 0 Å². The number of halogens is 2. The average Bonchev–Trinajstić information content (AvgIpc) is 3.81. The third-order valence-corrected chi connectivity index (χ3v) is 9.36. The van der Waals surface area contributed by atoms with E-state index in [1.165, 1.54) is 4.90 Å². The van der Waals surface area contributed by atoms with Gasteiger partial charge in [0.15, 0.2) is 0 Å². The molecule has 2 aromatic carbocycles. The summed E-state index contributed by atoms with van der Waals surface area (Å²) in [6.45, 7) is 11.5. The fraction of sp³-hybridized carbons (Fsp3) is 0.500. The number of piperidine rings is 1. The SMILES string of the molecule is CC(C)(C)OC(=O)N1CCC[C@H]1c1ncc(-c2ccc(-c3ccc4nc([C@@H]5[C@@H]6C[C@@H](CC6(F)F)N5C(=O)OC(C)(C)C)[nH]c4c3)cc2)[nH]1. The van der Waals surface area contributed by atoms with Gasteiger partial charge in [-0.05, 0) is 89.6 Å². The van der Waals surface area contributed by atoms with Crippen LogP contribution in [0.4, 0.5) is 18.4 Å². The molecule has 2 bridgehead atoms. The van der Waals surface area contributed by atoms with Crippen molar-refractivity contribution in [3.8, 4) is 22.4 Å². The molecule has 2 aliphatic heterocycles. The molecule has 0 spiro atoms. The first-order valence-corrected chi connectivity index (χ1v) is 16.6. The van der Waals surface area contributed by atoms with Gasteiger partial charge in [0.05, 0.1) is 34.9 Å². The van der Waals surface area contributed by atoms with Crippen LogP contribution in [0.25, 0.3) is 33.4 Å². The van der Waals surface area contributed by atoms with E-state index in [-0.39, 0.29) is 25.0 Å². The van der Waals surface area contributed by atoms with E-state index in [2.05, 4.69) is 19.9 Å². The molecule has 4 atom stereocenters. The molecule has 0 unspecified atom stereocenters. The van der Waals surface area contributed by atoms with Crippen molar-refractivity contribution in [2.45, 2.75) is 102 Å². The summed E-state index contributed by atoms with van der Waals surface area (Å²) in [5.41, 5.74) is 3.70. The minimum Gasteiger partial charge on any atom is -0.444 e. The highest BCUT2D eigenvalue weighted by Gasteiger charge is 2.64. The first-order valence-electron chi connectivity index (χ1n) is 16.6. The lowest BCUT2D eigenvalue weighted by atomic mass is 9.94. The number of aromatic nitrogens is 4. The van der Waals surface area contributed by atoms with E-state index in [9.17, 15) is 18.4 Å². The van der Waals surface area contributed by atoms with Gasteiger partial charge >= 0.3 is 12.2 Å². The Hall–Kier alpha value is -4.48. The summed E-state index contributed by atoms with van der Waals surface area (Å²) < 4.78 is 41.2. The number of carbonyl (C=O) groups is 2. The zero-order chi connectivity index (χ0) is 34.2. The molecule has 2 N–H and O–H groups in total. The Morgan fingerprint density at radius 3 is 2.27 bits per heavy atom. The molecule has 3 fully saturated rings. The van der Waals surface area contributed by atoms with Gasteiger partial charge < -0.3 is 19.4 Å². The second-order valence-electron chi connectivity index (χ2n) is 15.2. The number of hydrogen-bond donors (Lipinski definition) is 2. The summed E-state index contributed by atoms with van der Waals surface area (Å²) >= 11 is 0. The number of benzene rings is 2. The van der Waals surface area contributed by atoms with E-state index < -0.39 is 41.2 Å². The molecule has 10 nitrogen and oxygen atoms in total. The smallest absolute Gasteiger partial charge is 0.411 e. The van der Waals surface area contributed by atoms with Gasteiger partial charge in [-0.15, -0.1) is 0 Å². The van der Waals surface area contributed by atoms with Crippen LogP contribution in [0.2, 0.25) is 0 Å². The highest BCUT2D eigenvalue weighted by molar-refractivity contribution is 5.83. The van der Waals surface area contributed by atoms with Crippen LogP contribution in [0.1, 0.15) is 91.0 Å². The third-order valence-electron chi connectivity index (χ3n) is 9.36. The molecule has 1 aliphatic carbocycles. The zero-order valence-corrected chi connectivity index (χ0v) is 28.1. The maximum atomic E-state index is 15.0. The maximum absolute atomic E-state index is 15.0. The number of nitrogens with zero attached hydrogens (tertiary/aromatic N) is 4. The molecule has 12 heteroatoms. The minimum absolute atomic E-state index is 0.166. The fourth-order valence-electron chi connectivity index (χ4n) is 7.34. The van der Waals surface area contributed by atoms with Gasteiger partial charge in [0.2, 0.25) is 0 Å². The van der Waals surface area contributed by atoms with Crippen LogP contribution < -0.4 is 0 Å². The summed E-state index contributed by atoms with van der Waals surface area (Å²) in [6, 6.07) is 12.1. The number of likely N-dealkylation sites (tertiary alicyclic amines) is 2. The largest absolute Gasteiger partial charge is 0.444 e. The van der Waals surface area contributed by atoms with Gasteiger partial charge in [-0.2, -0.15) is 0 Å². The quantitative estimate of drug-likeness (QED) is 0.227. The third kappa shape index (κ3) is 6.01. The molecule has 48 heavy (non-hydrogen) atoms. The van der Waals surface area contributed by atoms with Crippen molar-refractivity contribution in [1.29, 1.82) is 0 Å². The number of H-pyrrole nitrogens is 2. The molecule has 1 saturated carbocycles. The molecule has 3 aliphatic rings. The monoisotopic (exact) mass is 660 g/mol. The van der Waals surface area contributed by atoms with Crippen LogP contribution in [-0.2, 0) is 9.47 Å². The van der Waals surface area contributed by atoms with Crippen molar-refractivity contribution in [3.05, 3.63) is 60.3 Å². The highest BCUT2D eigenvalue weighted by atomic mass is 19.3. The normalized spacial score (nSPS) is 23.7. The van der Waals surface area contributed by atoms with E-state index in [4.69, 9.17) is 9.47 Å². The second kappa shape index (κ2) is 11.3. The number of aromatic amines is 2. The molecule has 0 radical (unpaired) electrons. The van der Waals surface area contributed by atoms with Crippen molar-refractivity contribution >= 4 is 23.2 Å². The van der Waals surface area contributed by atoms with Crippen LogP contribution in [0.15, 0.2) is 48.7 Å². The van der Waals surface area contributed by atoms with Crippen molar-refractivity contribution in [2.75, 3.05) is 6.54 Å². The van der Waals surface area contributed by atoms with Crippen LogP contribution in [-0.4, -0.2) is 71.6 Å². The summed E-state index contributed by atoms with van der Waals surface area (Å²) in [5.74, 6) is -2.84. The topological polar surface area (TPSA) is 116 Å². The molecular formula is C36H42F2N6O4. The van der Waals surface area contributed by atoms with Gasteiger partial charge in [-0.25, -0.2) is 28.3 Å².